The molecule has 3 rings (SSSR count). The van der Waals surface area contributed by atoms with E-state index in [1.165, 1.54) is 10.4 Å². The van der Waals surface area contributed by atoms with E-state index < -0.39 is 21.7 Å². The Bertz CT molecular complexity index is 967. The van der Waals surface area contributed by atoms with Gasteiger partial charge in [-0.05, 0) is 55.0 Å². The Balaban J connectivity index is 1.88. The van der Waals surface area contributed by atoms with E-state index in [9.17, 15) is 17.6 Å². The maximum absolute atomic E-state index is 14.3. The molecule has 0 aromatic heterocycles. The van der Waals surface area contributed by atoms with E-state index in [0.717, 1.165) is 30.5 Å². The number of benzene rings is 2. The quantitative estimate of drug-likeness (QED) is 0.817. The summed E-state index contributed by atoms with van der Waals surface area (Å²) in [6.45, 7) is 4.93. The summed E-state index contributed by atoms with van der Waals surface area (Å²) >= 11 is 0. The molecule has 28 heavy (non-hydrogen) atoms. The molecule has 1 fully saturated rings. The van der Waals surface area contributed by atoms with E-state index in [0.29, 0.717) is 31.1 Å². The van der Waals surface area contributed by atoms with Crippen molar-refractivity contribution in [2.45, 2.75) is 38.0 Å². The number of piperidine rings is 1. The van der Waals surface area contributed by atoms with Crippen LogP contribution in [0.2, 0.25) is 0 Å². The van der Waals surface area contributed by atoms with Gasteiger partial charge in [-0.1, -0.05) is 32.0 Å². The van der Waals surface area contributed by atoms with Gasteiger partial charge in [-0.25, -0.2) is 12.8 Å². The summed E-state index contributed by atoms with van der Waals surface area (Å²) in [7, 11) is -3.76. The molecule has 0 atom stereocenters. The molecule has 2 aromatic carbocycles. The maximum Gasteiger partial charge on any atom is 0.258 e. The Hall–Kier alpha value is -2.25. The molecule has 2 aromatic rings. The highest BCUT2D eigenvalue weighted by molar-refractivity contribution is 7.89. The van der Waals surface area contributed by atoms with Crippen LogP contribution >= 0.6 is 0 Å². The molecule has 1 N–H and O–H groups in total. The molecular weight excluding hydrogens is 379 g/mol. The first-order chi connectivity index (χ1) is 13.3. The number of anilines is 1. The fourth-order valence-electron chi connectivity index (χ4n) is 3.35. The number of nitrogens with zero attached hydrogens (tertiary/aromatic N) is 1. The van der Waals surface area contributed by atoms with Crippen LogP contribution in [0.3, 0.4) is 0 Å². The first kappa shape index (κ1) is 20.5. The summed E-state index contributed by atoms with van der Waals surface area (Å²) in [5.41, 5.74) is 1.23. The average molecular weight is 405 g/mol. The van der Waals surface area contributed by atoms with Crippen LogP contribution in [0.4, 0.5) is 10.1 Å². The Kier molecular flexibility index (Phi) is 6.15. The van der Waals surface area contributed by atoms with Crippen molar-refractivity contribution >= 4 is 21.6 Å². The fraction of sp³-hybridized carbons (Fsp3) is 0.381. The molecular formula is C21H25FN2O3S. The molecule has 1 aliphatic heterocycles. The molecule has 1 saturated heterocycles. The highest BCUT2D eigenvalue weighted by atomic mass is 32.2. The lowest BCUT2D eigenvalue weighted by Gasteiger charge is -2.29. The van der Waals surface area contributed by atoms with Crippen molar-refractivity contribution in [1.82, 2.24) is 4.31 Å². The predicted molar refractivity (Wildman–Crippen MR) is 107 cm³/mol. The van der Waals surface area contributed by atoms with Crippen molar-refractivity contribution in [2.75, 3.05) is 18.4 Å². The van der Waals surface area contributed by atoms with Gasteiger partial charge in [-0.3, -0.25) is 4.79 Å². The zero-order valence-corrected chi connectivity index (χ0v) is 16.9. The zero-order chi connectivity index (χ0) is 20.3. The van der Waals surface area contributed by atoms with Gasteiger partial charge in [-0.15, -0.1) is 0 Å². The van der Waals surface area contributed by atoms with Crippen LogP contribution < -0.4 is 5.32 Å². The maximum atomic E-state index is 14.3. The lowest BCUT2D eigenvalue weighted by Crippen LogP contribution is -2.38. The van der Waals surface area contributed by atoms with Crippen molar-refractivity contribution in [1.29, 1.82) is 0 Å². The second-order valence-corrected chi connectivity index (χ2v) is 9.13. The number of aryl methyl sites for hydroxylation is 1. The van der Waals surface area contributed by atoms with E-state index in [1.807, 2.05) is 19.1 Å². The standard InChI is InChI=1S/C21H25FN2O3S/c1-3-16-6-4-5-7-20(16)23-21(25)18-14-17(8-9-19(18)22)28(26,27)24-12-10-15(2)11-13-24/h4-9,14-15H,3,10-13H2,1-2H3,(H,23,25). The number of amides is 1. The third-order valence-electron chi connectivity index (χ3n) is 5.21. The van der Waals surface area contributed by atoms with Gasteiger partial charge in [0.2, 0.25) is 10.0 Å². The third-order valence-corrected chi connectivity index (χ3v) is 7.10. The Morgan fingerprint density at radius 2 is 1.86 bits per heavy atom. The number of carbonyl (C=O) groups is 1. The molecule has 5 nitrogen and oxygen atoms in total. The number of halogens is 1. The minimum absolute atomic E-state index is 0.0580. The summed E-state index contributed by atoms with van der Waals surface area (Å²) in [5.74, 6) is -0.931. The highest BCUT2D eigenvalue weighted by Gasteiger charge is 2.29. The molecule has 0 spiro atoms. The van der Waals surface area contributed by atoms with Crippen molar-refractivity contribution in [2.24, 2.45) is 5.92 Å². The Morgan fingerprint density at radius 3 is 2.54 bits per heavy atom. The van der Waals surface area contributed by atoms with E-state index in [4.69, 9.17) is 0 Å². The monoisotopic (exact) mass is 404 g/mol. The number of para-hydroxylation sites is 1. The molecule has 1 amide bonds. The summed E-state index contributed by atoms with van der Waals surface area (Å²) in [6.07, 6.45) is 2.30. The molecule has 1 aliphatic rings. The van der Waals surface area contributed by atoms with Crippen LogP contribution in [-0.4, -0.2) is 31.7 Å². The molecule has 0 saturated carbocycles. The topological polar surface area (TPSA) is 66.5 Å². The van der Waals surface area contributed by atoms with Gasteiger partial charge in [0.1, 0.15) is 5.82 Å². The van der Waals surface area contributed by atoms with Gasteiger partial charge in [0, 0.05) is 18.8 Å². The second kappa shape index (κ2) is 8.41. The van der Waals surface area contributed by atoms with Crippen molar-refractivity contribution in [3.63, 3.8) is 0 Å². The lowest BCUT2D eigenvalue weighted by molar-refractivity contribution is 0.102. The van der Waals surface area contributed by atoms with E-state index >= 15 is 0 Å². The number of sulfonamides is 1. The van der Waals surface area contributed by atoms with Gasteiger partial charge >= 0.3 is 0 Å². The highest BCUT2D eigenvalue weighted by Crippen LogP contribution is 2.25. The van der Waals surface area contributed by atoms with Gasteiger partial charge < -0.3 is 5.32 Å². The average Bonchev–Trinajstić information content (AvgIpc) is 2.68. The van der Waals surface area contributed by atoms with Crippen LogP contribution in [0.5, 0.6) is 0 Å². The summed E-state index contributed by atoms with van der Waals surface area (Å²) in [5, 5.41) is 2.70. The smallest absolute Gasteiger partial charge is 0.258 e. The molecule has 0 aliphatic carbocycles. The molecule has 7 heteroatoms. The number of hydrogen-bond acceptors (Lipinski definition) is 3. The molecule has 0 bridgehead atoms. The first-order valence-corrected chi connectivity index (χ1v) is 11.0. The Labute approximate surface area is 165 Å². The van der Waals surface area contributed by atoms with E-state index in [2.05, 4.69) is 12.2 Å². The van der Waals surface area contributed by atoms with Gasteiger partial charge in [0.15, 0.2) is 0 Å². The SMILES string of the molecule is CCc1ccccc1NC(=O)c1cc(S(=O)(=O)N2CCC(C)CC2)ccc1F. The Morgan fingerprint density at radius 1 is 1.18 bits per heavy atom. The minimum Gasteiger partial charge on any atom is -0.322 e. The normalized spacial score (nSPS) is 16.1. The number of rotatable bonds is 5. The molecule has 0 unspecified atom stereocenters. The number of nitrogens with one attached hydrogen (secondary N) is 1. The predicted octanol–water partition coefficient (Wildman–Crippen LogP) is 4.06. The summed E-state index contributed by atoms with van der Waals surface area (Å²) in [6, 6.07) is 10.7. The number of hydrogen-bond donors (Lipinski definition) is 1. The summed E-state index contributed by atoms with van der Waals surface area (Å²) in [4.78, 5) is 12.6. The van der Waals surface area contributed by atoms with Gasteiger partial charge in [0.25, 0.3) is 5.91 Å². The van der Waals surface area contributed by atoms with E-state index in [1.54, 1.807) is 12.1 Å². The van der Waals surface area contributed by atoms with Gasteiger partial charge in [-0.2, -0.15) is 4.31 Å². The largest absolute Gasteiger partial charge is 0.322 e. The zero-order valence-electron chi connectivity index (χ0n) is 16.1. The van der Waals surface area contributed by atoms with E-state index in [-0.39, 0.29) is 10.5 Å². The first-order valence-electron chi connectivity index (χ1n) is 9.52. The van der Waals surface area contributed by atoms with Crippen LogP contribution in [-0.2, 0) is 16.4 Å². The third kappa shape index (κ3) is 4.25. The lowest BCUT2D eigenvalue weighted by atomic mass is 10.0. The van der Waals surface area contributed by atoms with Crippen molar-refractivity contribution < 1.29 is 17.6 Å². The summed E-state index contributed by atoms with van der Waals surface area (Å²) < 4.78 is 41.5. The van der Waals surface area contributed by atoms with Crippen LogP contribution in [0.15, 0.2) is 47.4 Å². The fourth-order valence-corrected chi connectivity index (χ4v) is 4.85. The number of carbonyl (C=O) groups excluding carboxylic acids is 1. The van der Waals surface area contributed by atoms with Crippen molar-refractivity contribution in [3.05, 3.63) is 59.4 Å². The van der Waals surface area contributed by atoms with Crippen LogP contribution in [0.1, 0.15) is 42.6 Å². The molecule has 150 valence electrons. The minimum atomic E-state index is -3.76. The molecule has 0 radical (unpaired) electrons. The molecule has 1 heterocycles. The van der Waals surface area contributed by atoms with Crippen LogP contribution in [0.25, 0.3) is 0 Å². The van der Waals surface area contributed by atoms with Gasteiger partial charge in [0.05, 0.1) is 10.5 Å². The van der Waals surface area contributed by atoms with Crippen LogP contribution in [0, 0.1) is 11.7 Å². The second-order valence-electron chi connectivity index (χ2n) is 7.19. The van der Waals surface area contributed by atoms with Crippen molar-refractivity contribution in [3.8, 4) is 0 Å².